The molecule has 4 nitrogen and oxygen atoms in total. The number of hydrogen-bond acceptors (Lipinski definition) is 3. The van der Waals surface area contributed by atoms with Crippen molar-refractivity contribution < 1.29 is 18.7 Å². The van der Waals surface area contributed by atoms with E-state index >= 15 is 0 Å². The van der Waals surface area contributed by atoms with Gasteiger partial charge >= 0.3 is 0 Å². The number of benzene rings is 2. The maximum absolute atomic E-state index is 13.8. The molecule has 0 bridgehead atoms. The molecule has 0 N–H and O–H groups in total. The highest BCUT2D eigenvalue weighted by atomic mass is 35.5. The van der Waals surface area contributed by atoms with Crippen LogP contribution < -0.4 is 4.74 Å². The molecule has 0 unspecified atom stereocenters. The molecule has 2 rings (SSSR count). The summed E-state index contributed by atoms with van der Waals surface area (Å²) in [5.41, 5.74) is 0.657. The Morgan fingerprint density at radius 1 is 1.17 bits per heavy atom. The summed E-state index contributed by atoms with van der Waals surface area (Å²) in [4.78, 5) is 25.0. The van der Waals surface area contributed by atoms with E-state index in [1.807, 2.05) is 0 Å². The number of ether oxygens (including phenoxy) is 1. The third kappa shape index (κ3) is 4.32. The van der Waals surface area contributed by atoms with Gasteiger partial charge in [-0.3, -0.25) is 9.59 Å². The van der Waals surface area contributed by atoms with Gasteiger partial charge in [0.05, 0.1) is 5.56 Å². The Morgan fingerprint density at radius 2 is 1.88 bits per heavy atom. The fourth-order valence-corrected chi connectivity index (χ4v) is 2.36. The first-order valence-electron chi connectivity index (χ1n) is 7.29. The van der Waals surface area contributed by atoms with E-state index in [9.17, 15) is 14.0 Å². The van der Waals surface area contributed by atoms with Crippen molar-refractivity contribution in [2.75, 3.05) is 13.7 Å². The third-order valence-electron chi connectivity index (χ3n) is 3.50. The summed E-state index contributed by atoms with van der Waals surface area (Å²) in [6.07, 6.45) is 0. The van der Waals surface area contributed by atoms with Crippen molar-refractivity contribution in [1.29, 1.82) is 0 Å². The standard InChI is InChI=1S/C18H17ClFNO3/c1-12(22)13-6-3-4-9-17(13)24-11-18(23)21(2)10-14-15(19)7-5-8-16(14)20/h3-9H,10-11H2,1-2H3. The second-order valence-electron chi connectivity index (χ2n) is 5.29. The lowest BCUT2D eigenvalue weighted by Crippen LogP contribution is -2.31. The van der Waals surface area contributed by atoms with Crippen molar-refractivity contribution in [2.24, 2.45) is 0 Å². The van der Waals surface area contributed by atoms with E-state index in [0.717, 1.165) is 0 Å². The van der Waals surface area contributed by atoms with E-state index in [-0.39, 0.29) is 35.4 Å². The first-order valence-corrected chi connectivity index (χ1v) is 7.67. The van der Waals surface area contributed by atoms with Crippen LogP contribution in [0.4, 0.5) is 4.39 Å². The Hall–Kier alpha value is -2.40. The largest absolute Gasteiger partial charge is 0.483 e. The molecule has 6 heteroatoms. The summed E-state index contributed by atoms with van der Waals surface area (Å²) in [7, 11) is 1.53. The second kappa shape index (κ2) is 7.93. The van der Waals surface area contributed by atoms with Crippen molar-refractivity contribution in [1.82, 2.24) is 4.90 Å². The van der Waals surface area contributed by atoms with Crippen molar-refractivity contribution in [3.63, 3.8) is 0 Å². The summed E-state index contributed by atoms with van der Waals surface area (Å²) in [6, 6.07) is 11.1. The lowest BCUT2D eigenvalue weighted by molar-refractivity contribution is -0.132. The van der Waals surface area contributed by atoms with Crippen LogP contribution in [0.15, 0.2) is 42.5 Å². The topological polar surface area (TPSA) is 46.6 Å². The molecule has 0 aliphatic rings. The van der Waals surface area contributed by atoms with Gasteiger partial charge in [0.15, 0.2) is 12.4 Å². The smallest absolute Gasteiger partial charge is 0.260 e. The van der Waals surface area contributed by atoms with Gasteiger partial charge in [-0.05, 0) is 31.2 Å². The van der Waals surface area contributed by atoms with Gasteiger partial charge in [0.25, 0.3) is 5.91 Å². The number of halogens is 2. The Morgan fingerprint density at radius 3 is 2.54 bits per heavy atom. The number of carbonyl (C=O) groups is 2. The minimum absolute atomic E-state index is 0.0298. The first-order chi connectivity index (χ1) is 11.4. The van der Waals surface area contributed by atoms with Crippen LogP contribution in [-0.4, -0.2) is 30.2 Å². The molecule has 0 saturated carbocycles. The average Bonchev–Trinajstić information content (AvgIpc) is 2.56. The Labute approximate surface area is 144 Å². The van der Waals surface area contributed by atoms with Crippen molar-refractivity contribution >= 4 is 23.3 Å². The molecular formula is C18H17ClFNO3. The Bertz CT molecular complexity index is 743. The summed E-state index contributed by atoms with van der Waals surface area (Å²) in [5.74, 6) is -0.627. The first kappa shape index (κ1) is 17.9. The Kier molecular flexibility index (Phi) is 5.93. The van der Waals surface area contributed by atoms with Crippen LogP contribution in [0.5, 0.6) is 5.75 Å². The molecule has 2 aromatic rings. The van der Waals surface area contributed by atoms with E-state index in [0.29, 0.717) is 11.3 Å². The van der Waals surface area contributed by atoms with Gasteiger partial charge in [-0.15, -0.1) is 0 Å². The number of ketones is 1. The molecule has 126 valence electrons. The predicted octanol–water partition coefficient (Wildman–Crippen LogP) is 3.72. The van der Waals surface area contributed by atoms with E-state index in [4.69, 9.17) is 16.3 Å². The highest BCUT2D eigenvalue weighted by Crippen LogP contribution is 2.21. The molecule has 2 aromatic carbocycles. The maximum atomic E-state index is 13.8. The van der Waals surface area contributed by atoms with Crippen LogP contribution in [0.3, 0.4) is 0 Å². The van der Waals surface area contributed by atoms with Crippen LogP contribution >= 0.6 is 11.6 Å². The summed E-state index contributed by atoms with van der Waals surface area (Å²) in [5, 5.41) is 0.262. The molecule has 0 aliphatic heterocycles. The molecule has 0 fully saturated rings. The van der Waals surface area contributed by atoms with Crippen molar-refractivity contribution in [2.45, 2.75) is 13.5 Å². The van der Waals surface area contributed by atoms with Crippen LogP contribution in [0.25, 0.3) is 0 Å². The van der Waals surface area contributed by atoms with Gasteiger partial charge < -0.3 is 9.64 Å². The van der Waals surface area contributed by atoms with Gasteiger partial charge in [0, 0.05) is 24.2 Å². The van der Waals surface area contributed by atoms with Gasteiger partial charge in [-0.2, -0.15) is 0 Å². The Balaban J connectivity index is 2.01. The van der Waals surface area contributed by atoms with Gasteiger partial charge in [-0.1, -0.05) is 29.8 Å². The van der Waals surface area contributed by atoms with E-state index in [2.05, 4.69) is 0 Å². The zero-order valence-corrected chi connectivity index (χ0v) is 14.1. The maximum Gasteiger partial charge on any atom is 0.260 e. The number of carbonyl (C=O) groups excluding carboxylic acids is 2. The minimum atomic E-state index is -0.468. The van der Waals surface area contributed by atoms with Crippen LogP contribution in [0, 0.1) is 5.82 Å². The summed E-state index contributed by atoms with van der Waals surface area (Å²) >= 11 is 5.96. The highest BCUT2D eigenvalue weighted by Gasteiger charge is 2.16. The highest BCUT2D eigenvalue weighted by molar-refractivity contribution is 6.31. The van der Waals surface area contributed by atoms with Gasteiger partial charge in [0.1, 0.15) is 11.6 Å². The normalized spacial score (nSPS) is 10.3. The molecular weight excluding hydrogens is 333 g/mol. The molecule has 0 atom stereocenters. The molecule has 0 radical (unpaired) electrons. The second-order valence-corrected chi connectivity index (χ2v) is 5.70. The molecule has 1 amide bonds. The molecule has 0 heterocycles. The summed E-state index contributed by atoms with van der Waals surface area (Å²) in [6.45, 7) is 1.20. The minimum Gasteiger partial charge on any atom is -0.483 e. The van der Waals surface area contributed by atoms with Crippen molar-refractivity contribution in [3.8, 4) is 5.75 Å². The SMILES string of the molecule is CC(=O)c1ccccc1OCC(=O)N(C)Cc1c(F)cccc1Cl. The molecule has 0 spiro atoms. The fraction of sp³-hybridized carbons (Fsp3) is 0.222. The van der Waals surface area contributed by atoms with Gasteiger partial charge in [-0.25, -0.2) is 4.39 Å². The predicted molar refractivity (Wildman–Crippen MR) is 89.8 cm³/mol. The molecule has 0 aliphatic carbocycles. The number of Topliss-reactive ketones (excluding diaryl/α,β-unsaturated/α-hetero) is 1. The lowest BCUT2D eigenvalue weighted by Gasteiger charge is -2.19. The number of amides is 1. The number of rotatable bonds is 6. The number of hydrogen-bond donors (Lipinski definition) is 0. The van der Waals surface area contributed by atoms with Crippen LogP contribution in [0.1, 0.15) is 22.8 Å². The van der Waals surface area contributed by atoms with Gasteiger partial charge in [0.2, 0.25) is 0 Å². The zero-order valence-electron chi connectivity index (χ0n) is 13.4. The third-order valence-corrected chi connectivity index (χ3v) is 3.85. The molecule has 0 aromatic heterocycles. The van der Waals surface area contributed by atoms with E-state index in [1.54, 1.807) is 30.3 Å². The number of nitrogens with zero attached hydrogens (tertiary/aromatic N) is 1. The number of likely N-dealkylation sites (N-methyl/N-ethyl adjacent to an activating group) is 1. The lowest BCUT2D eigenvalue weighted by atomic mass is 10.1. The van der Waals surface area contributed by atoms with Crippen molar-refractivity contribution in [3.05, 3.63) is 64.4 Å². The molecule has 24 heavy (non-hydrogen) atoms. The van der Waals surface area contributed by atoms with Crippen LogP contribution in [-0.2, 0) is 11.3 Å². The monoisotopic (exact) mass is 349 g/mol. The zero-order chi connectivity index (χ0) is 17.7. The molecule has 0 saturated heterocycles. The quantitative estimate of drug-likeness (QED) is 0.747. The number of para-hydroxylation sites is 1. The summed E-state index contributed by atoms with van der Waals surface area (Å²) < 4.78 is 19.2. The van der Waals surface area contributed by atoms with Crippen LogP contribution in [0.2, 0.25) is 5.02 Å². The van der Waals surface area contributed by atoms with E-state index in [1.165, 1.54) is 31.0 Å². The fourth-order valence-electron chi connectivity index (χ4n) is 2.14. The average molecular weight is 350 g/mol. The van der Waals surface area contributed by atoms with E-state index < -0.39 is 5.82 Å².